The van der Waals surface area contributed by atoms with Gasteiger partial charge in [0.05, 0.1) is 24.9 Å². The predicted molar refractivity (Wildman–Crippen MR) is 140 cm³/mol. The summed E-state index contributed by atoms with van der Waals surface area (Å²) in [4.78, 5) is 25.1. The van der Waals surface area contributed by atoms with Crippen LogP contribution in [0.3, 0.4) is 0 Å². The van der Waals surface area contributed by atoms with Crippen molar-refractivity contribution in [1.82, 2.24) is 0 Å². The maximum atomic E-state index is 13.0. The van der Waals surface area contributed by atoms with E-state index >= 15 is 0 Å². The zero-order valence-electron chi connectivity index (χ0n) is 23.4. The minimum Gasteiger partial charge on any atom is -0.462 e. The molecule has 0 spiro atoms. The zero-order valence-corrected chi connectivity index (χ0v) is 23.4. The smallest absolute Gasteiger partial charge is 0.306 e. The Balaban J connectivity index is 1.65. The van der Waals surface area contributed by atoms with E-state index in [0.717, 1.165) is 32.1 Å². The highest BCUT2D eigenvalue weighted by Gasteiger charge is 2.65. The molecule has 210 valence electrons. The van der Waals surface area contributed by atoms with Crippen LogP contribution in [0.15, 0.2) is 12.2 Å². The summed E-state index contributed by atoms with van der Waals surface area (Å²) in [5, 5.41) is 11.1. The lowest BCUT2D eigenvalue weighted by Crippen LogP contribution is -2.58. The summed E-state index contributed by atoms with van der Waals surface area (Å²) >= 11 is 0. The third-order valence-electron chi connectivity index (χ3n) is 9.65. The molecule has 4 fully saturated rings. The summed E-state index contributed by atoms with van der Waals surface area (Å²) in [5.74, 6) is 0.358. The van der Waals surface area contributed by atoms with Crippen molar-refractivity contribution in [1.29, 1.82) is 0 Å². The molecule has 1 aliphatic carbocycles. The van der Waals surface area contributed by atoms with Crippen molar-refractivity contribution in [3.05, 3.63) is 12.2 Å². The Morgan fingerprint density at radius 1 is 1.08 bits per heavy atom. The molecule has 0 amide bonds. The monoisotopic (exact) mass is 520 g/mol. The highest BCUT2D eigenvalue weighted by atomic mass is 16.6. The molecule has 0 aromatic rings. The maximum absolute atomic E-state index is 13.0. The molecule has 0 radical (unpaired) electrons. The highest BCUT2D eigenvalue weighted by Crippen LogP contribution is 2.58. The second-order valence-electron chi connectivity index (χ2n) is 12.4. The van der Waals surface area contributed by atoms with E-state index in [1.807, 2.05) is 6.92 Å². The Morgan fingerprint density at radius 2 is 1.81 bits per heavy atom. The largest absolute Gasteiger partial charge is 0.462 e. The van der Waals surface area contributed by atoms with Crippen LogP contribution in [-0.4, -0.2) is 59.8 Å². The average molecular weight is 521 g/mol. The third-order valence-corrected chi connectivity index (χ3v) is 9.65. The molecule has 37 heavy (non-hydrogen) atoms. The molecule has 0 aromatic heterocycles. The van der Waals surface area contributed by atoms with Gasteiger partial charge in [0.1, 0.15) is 17.8 Å². The molecule has 1 unspecified atom stereocenters. The Kier molecular flexibility index (Phi) is 9.07. The van der Waals surface area contributed by atoms with Gasteiger partial charge in [0, 0.05) is 31.6 Å². The first kappa shape index (κ1) is 28.6. The van der Waals surface area contributed by atoms with E-state index in [1.54, 1.807) is 0 Å². The predicted octanol–water partition coefficient (Wildman–Crippen LogP) is 4.98. The molecular weight excluding hydrogens is 472 g/mol. The first-order valence-corrected chi connectivity index (χ1v) is 14.6. The van der Waals surface area contributed by atoms with Crippen LogP contribution in [0.25, 0.3) is 0 Å². The molecule has 4 rings (SSSR count). The van der Waals surface area contributed by atoms with Crippen LogP contribution in [-0.2, 0) is 28.5 Å². The van der Waals surface area contributed by atoms with Crippen LogP contribution in [0.2, 0.25) is 0 Å². The van der Waals surface area contributed by atoms with Crippen LogP contribution in [0.1, 0.15) is 92.4 Å². The topological polar surface area (TPSA) is 91.3 Å². The summed E-state index contributed by atoms with van der Waals surface area (Å²) < 4.78 is 25.6. The van der Waals surface area contributed by atoms with Gasteiger partial charge in [-0.05, 0) is 49.5 Å². The van der Waals surface area contributed by atoms with Gasteiger partial charge in [0.2, 0.25) is 0 Å². The van der Waals surface area contributed by atoms with E-state index in [0.29, 0.717) is 30.9 Å². The summed E-state index contributed by atoms with van der Waals surface area (Å²) in [6.07, 6.45) is 4.92. The molecule has 7 heteroatoms. The standard InChI is InChI=1S/C30H48O7/c1-7-8-9-10-11-12-25(33)37-24-15-22(32)17(2)14-23-27-26-21(13-18(3)28(27)35-20(5)31)19(4)16-34-30(24,6)29(26)36-23/h18-19,21-24,26-29,32H,2,7-16H2,1,3-6H3/t18-,19+,21?,22-,23+,24-,26+,27+,28-,29+,30+/m1/s1. The molecular formula is C30H48O7. The van der Waals surface area contributed by atoms with Crippen molar-refractivity contribution in [2.75, 3.05) is 6.61 Å². The summed E-state index contributed by atoms with van der Waals surface area (Å²) in [6.45, 7) is 14.7. The van der Waals surface area contributed by atoms with Gasteiger partial charge < -0.3 is 24.1 Å². The Bertz CT molecular complexity index is 842. The SMILES string of the molecule is C=C1C[C@@H]2O[C@H]3[C@H]4C(C[C@@H](C)[C@@H](OC(C)=O)[C@H]42)[C@@H](C)CO[C@@]3(C)[C@H](OC(=O)CCCCCCC)C[C@H]1O. The molecule has 3 saturated heterocycles. The van der Waals surface area contributed by atoms with Crippen molar-refractivity contribution < 1.29 is 33.6 Å². The Labute approximate surface area is 222 Å². The van der Waals surface area contributed by atoms with Gasteiger partial charge in [0.15, 0.2) is 0 Å². The first-order valence-electron chi connectivity index (χ1n) is 14.6. The van der Waals surface area contributed by atoms with Crippen molar-refractivity contribution in [2.45, 2.75) is 129 Å². The lowest BCUT2D eigenvalue weighted by Gasteiger charge is -2.47. The van der Waals surface area contributed by atoms with E-state index in [2.05, 4.69) is 27.4 Å². The quantitative estimate of drug-likeness (QED) is 0.274. The van der Waals surface area contributed by atoms with Crippen molar-refractivity contribution in [3.63, 3.8) is 0 Å². The maximum Gasteiger partial charge on any atom is 0.306 e. The number of ether oxygens (including phenoxy) is 4. The second-order valence-corrected chi connectivity index (χ2v) is 12.4. The molecule has 7 nitrogen and oxygen atoms in total. The van der Waals surface area contributed by atoms with Gasteiger partial charge in [-0.15, -0.1) is 0 Å². The van der Waals surface area contributed by atoms with Gasteiger partial charge in [-0.1, -0.05) is 53.0 Å². The van der Waals surface area contributed by atoms with Gasteiger partial charge >= 0.3 is 11.9 Å². The molecule has 1 saturated carbocycles. The number of aliphatic hydroxyl groups is 1. The summed E-state index contributed by atoms with van der Waals surface area (Å²) in [6, 6.07) is 0. The Hall–Kier alpha value is -1.44. The number of unbranched alkanes of at least 4 members (excludes halogenated alkanes) is 4. The van der Waals surface area contributed by atoms with Crippen molar-refractivity contribution >= 4 is 11.9 Å². The Morgan fingerprint density at radius 3 is 2.51 bits per heavy atom. The van der Waals surface area contributed by atoms with E-state index in [4.69, 9.17) is 18.9 Å². The molecule has 1 N–H and O–H groups in total. The van der Waals surface area contributed by atoms with Gasteiger partial charge in [-0.3, -0.25) is 9.59 Å². The zero-order chi connectivity index (χ0) is 26.9. The number of rotatable bonds is 8. The molecule has 4 aliphatic rings. The lowest BCUT2D eigenvalue weighted by molar-refractivity contribution is -0.205. The van der Waals surface area contributed by atoms with Crippen LogP contribution in [0.4, 0.5) is 0 Å². The van der Waals surface area contributed by atoms with Crippen molar-refractivity contribution in [2.24, 2.45) is 29.6 Å². The van der Waals surface area contributed by atoms with Gasteiger partial charge in [-0.2, -0.15) is 0 Å². The fourth-order valence-electron chi connectivity index (χ4n) is 7.61. The molecule has 0 aromatic carbocycles. The molecule has 11 atom stereocenters. The van der Waals surface area contributed by atoms with Crippen LogP contribution < -0.4 is 0 Å². The van der Waals surface area contributed by atoms with Crippen LogP contribution in [0, 0.1) is 29.6 Å². The number of aliphatic hydroxyl groups excluding tert-OH is 1. The lowest BCUT2D eigenvalue weighted by atomic mass is 9.59. The van der Waals surface area contributed by atoms with Crippen LogP contribution in [0.5, 0.6) is 0 Å². The molecule has 2 bridgehead atoms. The van der Waals surface area contributed by atoms with Crippen LogP contribution >= 0.6 is 0 Å². The number of esters is 2. The fraction of sp³-hybridized carbons (Fsp3) is 0.867. The van der Waals surface area contributed by atoms with E-state index in [-0.39, 0.29) is 60.3 Å². The number of fused-ring (bicyclic) bond motifs is 2. The highest BCUT2D eigenvalue weighted by molar-refractivity contribution is 5.69. The number of hydrogen-bond donors (Lipinski definition) is 1. The second kappa shape index (κ2) is 11.7. The normalized spacial score (nSPS) is 43.2. The number of hydrogen-bond acceptors (Lipinski definition) is 7. The first-order chi connectivity index (χ1) is 17.6. The van der Waals surface area contributed by atoms with E-state index < -0.39 is 17.8 Å². The summed E-state index contributed by atoms with van der Waals surface area (Å²) in [5.41, 5.74) is -0.260. The molecule has 3 heterocycles. The van der Waals surface area contributed by atoms with Gasteiger partial charge in [-0.25, -0.2) is 0 Å². The minimum atomic E-state index is -0.925. The van der Waals surface area contributed by atoms with Gasteiger partial charge in [0.25, 0.3) is 0 Å². The average Bonchev–Trinajstić information content (AvgIpc) is 3.18. The van der Waals surface area contributed by atoms with E-state index in [1.165, 1.54) is 13.3 Å². The minimum absolute atomic E-state index is 0.0249. The number of carbonyl (C=O) groups excluding carboxylic acids is 2. The molecule has 3 aliphatic heterocycles. The third kappa shape index (κ3) is 5.79. The summed E-state index contributed by atoms with van der Waals surface area (Å²) in [7, 11) is 0. The van der Waals surface area contributed by atoms with E-state index in [9.17, 15) is 14.7 Å². The van der Waals surface area contributed by atoms with Crippen molar-refractivity contribution in [3.8, 4) is 0 Å². The number of carbonyl (C=O) groups is 2. The fourth-order valence-corrected chi connectivity index (χ4v) is 7.61.